The van der Waals surface area contributed by atoms with E-state index in [4.69, 9.17) is 9.52 Å². The Morgan fingerprint density at radius 1 is 1.22 bits per heavy atom. The minimum atomic E-state index is -2.10. The second kappa shape index (κ2) is 6.21. The Morgan fingerprint density at radius 3 is 2.74 bits per heavy atom. The summed E-state index contributed by atoms with van der Waals surface area (Å²) in [6.45, 7) is 0. The van der Waals surface area contributed by atoms with Gasteiger partial charge in [-0.1, -0.05) is 11.0 Å². The zero-order valence-electron chi connectivity index (χ0n) is 12.2. The fourth-order valence-corrected chi connectivity index (χ4v) is 2.68. The summed E-state index contributed by atoms with van der Waals surface area (Å²) in [6, 6.07) is 11.4. The van der Waals surface area contributed by atoms with Crippen LogP contribution >= 0.6 is 0 Å². The molecule has 5 nitrogen and oxygen atoms in total. The van der Waals surface area contributed by atoms with Gasteiger partial charge >= 0.3 is 0 Å². The number of aromatic nitrogens is 1. The molecule has 2 N–H and O–H groups in total. The number of hydrogen-bond acceptors (Lipinski definition) is 6. The summed E-state index contributed by atoms with van der Waals surface area (Å²) in [7, 11) is -0.511. The SMILES string of the molecule is COc1ccc2c(Nc3ccc([S-](=N)=O)c(F)c3)ccnc2c1. The van der Waals surface area contributed by atoms with Crippen LogP contribution in [0, 0.1) is 10.6 Å². The smallest absolute Gasteiger partial charge is 0.121 e. The molecule has 23 heavy (non-hydrogen) atoms. The largest absolute Gasteiger partial charge is 0.497 e. The molecule has 0 aliphatic carbocycles. The lowest BCUT2D eigenvalue weighted by molar-refractivity contribution is 0.415. The molecular formula is C16H13FN3O2S-. The molecule has 3 aromatic rings. The first kappa shape index (κ1) is 15.2. The van der Waals surface area contributed by atoms with E-state index < -0.39 is 16.4 Å². The highest BCUT2D eigenvalue weighted by Gasteiger charge is 2.05. The van der Waals surface area contributed by atoms with Gasteiger partial charge in [-0.05, 0) is 30.3 Å². The zero-order valence-corrected chi connectivity index (χ0v) is 13.0. The lowest BCUT2D eigenvalue weighted by atomic mass is 10.1. The van der Waals surface area contributed by atoms with Crippen LogP contribution in [0.3, 0.4) is 0 Å². The minimum Gasteiger partial charge on any atom is -0.497 e. The number of fused-ring (bicyclic) bond motifs is 1. The number of pyridine rings is 1. The molecule has 1 aromatic heterocycles. The van der Waals surface area contributed by atoms with E-state index in [1.54, 1.807) is 25.4 Å². The molecule has 0 atom stereocenters. The van der Waals surface area contributed by atoms with Crippen molar-refractivity contribution in [3.63, 3.8) is 0 Å². The molecule has 2 aromatic carbocycles. The average molecular weight is 330 g/mol. The maximum absolute atomic E-state index is 13.8. The van der Waals surface area contributed by atoms with Crippen LogP contribution in [-0.2, 0) is 14.8 Å². The Balaban J connectivity index is 2.00. The van der Waals surface area contributed by atoms with E-state index in [-0.39, 0.29) is 4.90 Å². The number of hydrogen-bond donors (Lipinski definition) is 2. The van der Waals surface area contributed by atoms with Crippen molar-refractivity contribution in [2.45, 2.75) is 4.90 Å². The van der Waals surface area contributed by atoms with Gasteiger partial charge in [0.05, 0.1) is 12.6 Å². The zero-order chi connectivity index (χ0) is 16.4. The van der Waals surface area contributed by atoms with Crippen molar-refractivity contribution < 1.29 is 13.3 Å². The van der Waals surface area contributed by atoms with E-state index in [0.717, 1.165) is 16.6 Å². The maximum atomic E-state index is 13.8. The maximum Gasteiger partial charge on any atom is 0.121 e. The van der Waals surface area contributed by atoms with E-state index in [9.17, 15) is 8.60 Å². The van der Waals surface area contributed by atoms with E-state index in [1.807, 2.05) is 18.2 Å². The monoisotopic (exact) mass is 330 g/mol. The van der Waals surface area contributed by atoms with Crippen molar-refractivity contribution in [2.24, 2.45) is 0 Å². The number of anilines is 2. The van der Waals surface area contributed by atoms with Crippen LogP contribution in [0.1, 0.15) is 0 Å². The number of nitrogens with one attached hydrogen (secondary N) is 2. The highest BCUT2D eigenvalue weighted by atomic mass is 32.2. The first-order valence-corrected chi connectivity index (χ1v) is 7.86. The van der Waals surface area contributed by atoms with Gasteiger partial charge in [0, 0.05) is 29.0 Å². The number of nitrogens with zero attached hydrogens (tertiary/aromatic N) is 1. The van der Waals surface area contributed by atoms with Gasteiger partial charge in [-0.15, -0.1) is 0 Å². The quantitative estimate of drug-likeness (QED) is 0.703. The summed E-state index contributed by atoms with van der Waals surface area (Å²) in [5, 5.41) is 3.97. The molecule has 7 heteroatoms. The molecule has 0 saturated heterocycles. The number of rotatable bonds is 4. The summed E-state index contributed by atoms with van der Waals surface area (Å²) < 4.78 is 37.2. The Hall–Kier alpha value is -2.67. The predicted molar refractivity (Wildman–Crippen MR) is 87.0 cm³/mol. The minimum absolute atomic E-state index is 0.139. The highest BCUT2D eigenvalue weighted by molar-refractivity contribution is 7.73. The Bertz CT molecular complexity index is 949. The lowest BCUT2D eigenvalue weighted by Crippen LogP contribution is -1.95. The molecule has 1 heterocycles. The topological polar surface area (TPSA) is 75.1 Å². The van der Waals surface area contributed by atoms with E-state index in [1.165, 1.54) is 12.1 Å². The van der Waals surface area contributed by atoms with Gasteiger partial charge in [0.1, 0.15) is 11.6 Å². The van der Waals surface area contributed by atoms with Crippen LogP contribution in [0.15, 0.2) is 53.6 Å². The normalized spacial score (nSPS) is 10.9. The van der Waals surface area contributed by atoms with Crippen molar-refractivity contribution in [2.75, 3.05) is 12.4 Å². The molecule has 0 fully saturated rings. The molecular weight excluding hydrogens is 317 g/mol. The fourth-order valence-electron chi connectivity index (χ4n) is 2.25. The molecule has 0 radical (unpaired) electrons. The van der Waals surface area contributed by atoms with Crippen LogP contribution in [0.4, 0.5) is 15.8 Å². The summed E-state index contributed by atoms with van der Waals surface area (Å²) in [5.74, 6) is 0.0267. The van der Waals surface area contributed by atoms with Crippen molar-refractivity contribution in [3.8, 4) is 5.75 Å². The van der Waals surface area contributed by atoms with Gasteiger partial charge in [-0.25, -0.2) is 4.39 Å². The molecule has 0 aliphatic rings. The summed E-state index contributed by atoms with van der Waals surface area (Å²) >= 11 is 0. The molecule has 0 bridgehead atoms. The Labute approximate surface area is 134 Å². The second-order valence-electron chi connectivity index (χ2n) is 4.78. The standard InChI is InChI=1S/C16H13FN3O2S/c1-22-11-3-4-12-14(6-7-19-15(12)9-11)20-10-2-5-16(23(18)21)13(17)8-10/h2-9,18H,1H3,(H,19,20)/q-1. The second-order valence-corrected chi connectivity index (χ2v) is 5.76. The Kier molecular flexibility index (Phi) is 4.12. The third-order valence-electron chi connectivity index (χ3n) is 3.36. The first-order chi connectivity index (χ1) is 11.1. The first-order valence-electron chi connectivity index (χ1n) is 6.71. The molecule has 3 rings (SSSR count). The van der Waals surface area contributed by atoms with Gasteiger partial charge in [0.2, 0.25) is 0 Å². The summed E-state index contributed by atoms with van der Waals surface area (Å²) in [5.41, 5.74) is 2.01. The van der Waals surface area contributed by atoms with E-state index in [0.29, 0.717) is 11.4 Å². The molecule has 0 spiro atoms. The van der Waals surface area contributed by atoms with Gasteiger partial charge in [-0.3, -0.25) is 4.98 Å². The molecule has 0 amide bonds. The van der Waals surface area contributed by atoms with E-state index >= 15 is 0 Å². The van der Waals surface area contributed by atoms with Gasteiger partial charge in [0.15, 0.2) is 0 Å². The van der Waals surface area contributed by atoms with Crippen molar-refractivity contribution >= 4 is 32.9 Å². The van der Waals surface area contributed by atoms with Crippen LogP contribution in [0.2, 0.25) is 0 Å². The third kappa shape index (κ3) is 3.09. The van der Waals surface area contributed by atoms with Gasteiger partial charge in [-0.2, -0.15) is 10.6 Å². The number of ether oxygens (including phenoxy) is 1. The fraction of sp³-hybridized carbons (Fsp3) is 0.0625. The molecule has 118 valence electrons. The third-order valence-corrected chi connectivity index (χ3v) is 4.09. The number of benzene rings is 2. The lowest BCUT2D eigenvalue weighted by Gasteiger charge is -2.12. The predicted octanol–water partition coefficient (Wildman–Crippen LogP) is 4.21. The summed E-state index contributed by atoms with van der Waals surface area (Å²) in [6.07, 6.45) is 1.65. The highest BCUT2D eigenvalue weighted by Crippen LogP contribution is 2.28. The van der Waals surface area contributed by atoms with Gasteiger partial charge < -0.3 is 19.0 Å². The van der Waals surface area contributed by atoms with Crippen LogP contribution in [0.5, 0.6) is 5.75 Å². The van der Waals surface area contributed by atoms with Crippen LogP contribution in [0.25, 0.3) is 10.9 Å². The molecule has 0 unspecified atom stereocenters. The molecule has 0 aliphatic heterocycles. The van der Waals surface area contributed by atoms with Crippen molar-refractivity contribution in [1.82, 2.24) is 4.98 Å². The average Bonchev–Trinajstić information content (AvgIpc) is 2.54. The summed E-state index contributed by atoms with van der Waals surface area (Å²) in [4.78, 5) is 4.15. The number of methoxy groups -OCH3 is 1. The van der Waals surface area contributed by atoms with Crippen LogP contribution in [-0.4, -0.2) is 12.1 Å². The van der Waals surface area contributed by atoms with Gasteiger partial charge in [0.25, 0.3) is 0 Å². The Morgan fingerprint density at radius 2 is 2.04 bits per heavy atom. The van der Waals surface area contributed by atoms with Crippen LogP contribution < -0.4 is 10.1 Å². The molecule has 0 saturated carbocycles. The van der Waals surface area contributed by atoms with Crippen molar-refractivity contribution in [3.05, 3.63) is 54.5 Å². The van der Waals surface area contributed by atoms with E-state index in [2.05, 4.69) is 10.3 Å². The number of halogens is 1. The van der Waals surface area contributed by atoms with Crippen molar-refractivity contribution in [1.29, 1.82) is 4.78 Å².